The molecule has 0 fully saturated rings. The average molecular weight is 162 g/mol. The molecule has 0 aliphatic heterocycles. The summed E-state index contributed by atoms with van der Waals surface area (Å²) in [5.74, 6) is 20.9. The second-order valence-corrected chi connectivity index (χ2v) is 1.97. The minimum atomic E-state index is -0.945. The van der Waals surface area contributed by atoms with Gasteiger partial charge in [-0.25, -0.2) is 0 Å². The van der Waals surface area contributed by atoms with Gasteiger partial charge < -0.3 is 0 Å². The second-order valence-electron chi connectivity index (χ2n) is 1.97. The van der Waals surface area contributed by atoms with Crippen molar-refractivity contribution in [3.63, 3.8) is 0 Å². The summed E-state index contributed by atoms with van der Waals surface area (Å²) in [5, 5.41) is 0. The predicted octanol–water partition coefficient (Wildman–Crippen LogP) is -1.75. The summed E-state index contributed by atoms with van der Waals surface area (Å²) >= 11 is 0. The quantitative estimate of drug-likeness (QED) is 0.222. The van der Waals surface area contributed by atoms with Gasteiger partial charge in [-0.05, 0) is 13.2 Å². The van der Waals surface area contributed by atoms with Gasteiger partial charge in [-0.2, -0.15) is 0 Å². The van der Waals surface area contributed by atoms with E-state index in [1.54, 1.807) is 0 Å². The molecule has 0 aromatic heterocycles. The minimum absolute atomic E-state index is 0.945. The van der Waals surface area contributed by atoms with E-state index >= 15 is 0 Å². The summed E-state index contributed by atoms with van der Waals surface area (Å²) in [5.41, 5.74) is 0. The fourth-order valence-electron chi connectivity index (χ4n) is 0.312. The molecule has 0 aromatic carbocycles. The molecule has 7 nitrogen and oxygen atoms in total. The first-order valence-corrected chi connectivity index (χ1v) is 2.73. The fraction of sp³-hybridized carbons (Fsp3) is 0. The van der Waals surface area contributed by atoms with Gasteiger partial charge in [0, 0.05) is 9.73 Å². The largest absolute Gasteiger partial charge is 0.169 e. The van der Waals surface area contributed by atoms with Gasteiger partial charge in [0.25, 0.3) is 0 Å². The third kappa shape index (κ3) is 3.80. The molecule has 0 aliphatic rings. The highest BCUT2D eigenvalue weighted by Crippen LogP contribution is 1.97. The Kier molecular flexibility index (Phi) is 2.84. The molecule has 0 radical (unpaired) electrons. The Morgan fingerprint density at radius 3 is 1.36 bits per heavy atom. The molecule has 64 valence electrons. The highest BCUT2D eigenvalue weighted by Gasteiger charge is 2.31. The van der Waals surface area contributed by atoms with Crippen molar-refractivity contribution in [3.05, 3.63) is 25.6 Å². The van der Waals surface area contributed by atoms with Crippen molar-refractivity contribution >= 4 is 0 Å². The number of hydroxylamine groups is 2. The molecule has 0 heterocycles. The van der Waals surface area contributed by atoms with Crippen molar-refractivity contribution in [1.82, 2.24) is 0 Å². The molecule has 0 saturated carbocycles. The number of nitrogens with two attached hydrogens (primary N) is 4. The number of hydrogen-bond acceptors (Lipinski definition) is 5. The van der Waals surface area contributed by atoms with Gasteiger partial charge in [0.2, 0.25) is 0 Å². The molecule has 0 bridgehead atoms. The van der Waals surface area contributed by atoms with Crippen LogP contribution in [0.5, 0.6) is 0 Å². The summed E-state index contributed by atoms with van der Waals surface area (Å²) in [6, 6.07) is 0. The summed E-state index contributed by atoms with van der Waals surface area (Å²) in [7, 11) is 0. The molecule has 11 heavy (non-hydrogen) atoms. The van der Waals surface area contributed by atoms with Gasteiger partial charge in [-0.3, -0.25) is 0 Å². The Morgan fingerprint density at radius 2 is 1.18 bits per heavy atom. The molecule has 0 saturated heterocycles. The molecule has 8 N–H and O–H groups in total. The highest BCUT2D eigenvalue weighted by molar-refractivity contribution is 4.44. The SMILES string of the molecule is C=C[N+](N)(N)O[N+](N)(N)C=C. The third-order valence-corrected chi connectivity index (χ3v) is 0.854. The van der Waals surface area contributed by atoms with Crippen LogP contribution in [0.2, 0.25) is 0 Å². The van der Waals surface area contributed by atoms with E-state index in [0.717, 1.165) is 12.4 Å². The number of hydrogen-bond donors (Lipinski definition) is 4. The summed E-state index contributed by atoms with van der Waals surface area (Å²) in [6.45, 7) is 6.59. The van der Waals surface area contributed by atoms with Crippen molar-refractivity contribution < 1.29 is 14.7 Å². The van der Waals surface area contributed by atoms with Gasteiger partial charge in [0.15, 0.2) is 12.4 Å². The van der Waals surface area contributed by atoms with E-state index in [0.29, 0.717) is 0 Å². The Morgan fingerprint density at radius 1 is 0.909 bits per heavy atom. The topological polar surface area (TPSA) is 113 Å². The van der Waals surface area contributed by atoms with Crippen LogP contribution < -0.4 is 23.4 Å². The molecular weight excluding hydrogens is 148 g/mol. The van der Waals surface area contributed by atoms with Gasteiger partial charge in [-0.1, -0.05) is 0 Å². The number of nitrogens with zero attached hydrogens (tertiary/aromatic N) is 2. The van der Waals surface area contributed by atoms with E-state index in [1.165, 1.54) is 0 Å². The maximum atomic E-state index is 5.23. The van der Waals surface area contributed by atoms with Crippen LogP contribution in [0.3, 0.4) is 0 Å². The third-order valence-electron chi connectivity index (χ3n) is 0.854. The Bertz CT molecular complexity index is 146. The van der Waals surface area contributed by atoms with E-state index in [2.05, 4.69) is 18.1 Å². The monoisotopic (exact) mass is 162 g/mol. The molecule has 0 aromatic rings. The molecule has 7 heteroatoms. The van der Waals surface area contributed by atoms with Crippen molar-refractivity contribution in [3.8, 4) is 0 Å². The summed E-state index contributed by atoms with van der Waals surface area (Å²) in [4.78, 5) is 2.78. The van der Waals surface area contributed by atoms with Crippen molar-refractivity contribution in [1.29, 1.82) is 0 Å². The summed E-state index contributed by atoms with van der Waals surface area (Å²) < 4.78 is 0. The van der Waals surface area contributed by atoms with E-state index in [4.69, 9.17) is 23.4 Å². The molecule has 0 amide bonds. The second kappa shape index (κ2) is 3.07. The summed E-state index contributed by atoms with van der Waals surface area (Å²) in [6.07, 6.45) is 2.21. The molecule has 0 atom stereocenters. The maximum absolute atomic E-state index is 5.23. The standard InChI is InChI=1S/C4H14N6O/c1-3-9(5,6)11-10(7,8)4-2/h3-4H,1-2,5-8H2/q+2. The lowest BCUT2D eigenvalue weighted by atomic mass is 11.0. The Hall–Kier alpha value is -0.800. The normalized spacial score (nSPS) is 12.7. The number of rotatable bonds is 4. The smallest absolute Gasteiger partial charge is 0.118 e. The first kappa shape index (κ1) is 10.2. The van der Waals surface area contributed by atoms with Gasteiger partial charge in [0.1, 0.15) is 0 Å². The van der Waals surface area contributed by atoms with Crippen LogP contribution in [0, 0.1) is 0 Å². The Labute approximate surface area is 64.7 Å². The lowest BCUT2D eigenvalue weighted by Gasteiger charge is -2.23. The zero-order chi connectivity index (χ0) is 9.12. The zero-order valence-corrected chi connectivity index (χ0v) is 6.18. The zero-order valence-electron chi connectivity index (χ0n) is 6.18. The van der Waals surface area contributed by atoms with E-state index in [-0.39, 0.29) is 0 Å². The van der Waals surface area contributed by atoms with Crippen LogP contribution in [0.15, 0.2) is 25.6 Å². The first-order chi connectivity index (χ1) is 4.83. The van der Waals surface area contributed by atoms with Crippen LogP contribution in [0.4, 0.5) is 0 Å². The average Bonchev–Trinajstić information content (AvgIpc) is 1.86. The molecular formula is C4H14N6O+2. The van der Waals surface area contributed by atoms with Gasteiger partial charge in [-0.15, -0.1) is 23.4 Å². The minimum Gasteiger partial charge on any atom is -0.118 e. The van der Waals surface area contributed by atoms with Crippen molar-refractivity contribution in [2.45, 2.75) is 0 Å². The van der Waals surface area contributed by atoms with E-state index < -0.39 is 9.73 Å². The van der Waals surface area contributed by atoms with Crippen LogP contribution in [-0.2, 0) is 4.94 Å². The predicted molar refractivity (Wildman–Crippen MR) is 38.7 cm³/mol. The van der Waals surface area contributed by atoms with Crippen molar-refractivity contribution in [2.75, 3.05) is 0 Å². The molecule has 0 spiro atoms. The van der Waals surface area contributed by atoms with E-state index in [9.17, 15) is 0 Å². The molecule has 0 unspecified atom stereocenters. The van der Waals surface area contributed by atoms with Crippen LogP contribution >= 0.6 is 0 Å². The first-order valence-electron chi connectivity index (χ1n) is 2.73. The molecule has 0 rings (SSSR count). The number of quaternary nitrogens is 2. The molecule has 0 aliphatic carbocycles. The lowest BCUT2D eigenvalue weighted by Crippen LogP contribution is -2.68. The van der Waals surface area contributed by atoms with Crippen LogP contribution in [-0.4, -0.2) is 9.73 Å². The van der Waals surface area contributed by atoms with Crippen LogP contribution in [0.25, 0.3) is 0 Å². The van der Waals surface area contributed by atoms with Crippen molar-refractivity contribution in [2.24, 2.45) is 23.4 Å². The van der Waals surface area contributed by atoms with Crippen LogP contribution in [0.1, 0.15) is 0 Å². The fourth-order valence-corrected chi connectivity index (χ4v) is 0.312. The lowest BCUT2D eigenvalue weighted by molar-refractivity contribution is -1.33. The Balaban J connectivity index is 4.23. The van der Waals surface area contributed by atoms with Gasteiger partial charge >= 0.3 is 0 Å². The van der Waals surface area contributed by atoms with Gasteiger partial charge in [0.05, 0.1) is 4.94 Å². The maximum Gasteiger partial charge on any atom is 0.169 e. The van der Waals surface area contributed by atoms with E-state index in [1.807, 2.05) is 0 Å². The highest BCUT2D eigenvalue weighted by atomic mass is 17.0.